The maximum Gasteiger partial charge on any atom is 0.344 e. The molecule has 138 valence electrons. The highest BCUT2D eigenvalue weighted by atomic mass is 16.5. The number of benzene rings is 2. The van der Waals surface area contributed by atoms with Crippen molar-refractivity contribution in [3.8, 4) is 17.2 Å². The Bertz CT molecular complexity index is 1430. The van der Waals surface area contributed by atoms with Crippen LogP contribution in [-0.4, -0.2) is 15.1 Å². The summed E-state index contributed by atoms with van der Waals surface area (Å²) in [5.74, 6) is -1.03. The number of fused-ring (bicyclic) bond motifs is 4. The first-order valence-corrected chi connectivity index (χ1v) is 8.42. The summed E-state index contributed by atoms with van der Waals surface area (Å²) in [4.78, 5) is 41.8. The number of phenolic OH excluding ortho intramolecular Hbond substituents is 1. The normalized spacial score (nSPS) is 14.9. The van der Waals surface area contributed by atoms with Gasteiger partial charge in [-0.25, -0.2) is 9.59 Å². The Morgan fingerprint density at radius 2 is 1.64 bits per heavy atom. The Kier molecular flexibility index (Phi) is 3.29. The van der Waals surface area contributed by atoms with Crippen LogP contribution in [0, 0.1) is 0 Å². The number of rotatable bonds is 1. The molecule has 0 spiro atoms. The number of hydrogen-bond donors (Lipinski definition) is 3. The summed E-state index contributed by atoms with van der Waals surface area (Å²) in [5.41, 5.74) is -1.37. The van der Waals surface area contributed by atoms with E-state index in [1.54, 1.807) is 42.5 Å². The van der Waals surface area contributed by atoms with E-state index >= 15 is 0 Å². The van der Waals surface area contributed by atoms with E-state index in [1.807, 2.05) is 0 Å². The second kappa shape index (κ2) is 5.71. The minimum absolute atomic E-state index is 0.0744. The zero-order valence-corrected chi connectivity index (χ0v) is 14.2. The number of aromatic nitrogens is 2. The van der Waals surface area contributed by atoms with Gasteiger partial charge in [0.2, 0.25) is 5.75 Å². The second-order valence-corrected chi connectivity index (χ2v) is 6.37. The van der Waals surface area contributed by atoms with Crippen LogP contribution in [0.4, 0.5) is 0 Å². The lowest BCUT2D eigenvalue weighted by Gasteiger charge is -2.27. The molecule has 0 bridgehead atoms. The molecule has 0 saturated heterocycles. The summed E-state index contributed by atoms with van der Waals surface area (Å²) in [6, 6.07) is 13.1. The zero-order valence-electron chi connectivity index (χ0n) is 14.2. The van der Waals surface area contributed by atoms with Gasteiger partial charge in [-0.3, -0.25) is 9.78 Å². The number of nitrogens with one attached hydrogen (secondary N) is 2. The summed E-state index contributed by atoms with van der Waals surface area (Å²) >= 11 is 0. The molecule has 3 heterocycles. The van der Waals surface area contributed by atoms with Gasteiger partial charge in [0.05, 0.1) is 22.6 Å². The van der Waals surface area contributed by atoms with Crippen molar-refractivity contribution < 1.29 is 14.3 Å². The number of phenols is 1. The molecule has 1 aliphatic rings. The van der Waals surface area contributed by atoms with Crippen molar-refractivity contribution >= 4 is 11.0 Å². The molecule has 0 amide bonds. The van der Waals surface area contributed by atoms with Gasteiger partial charge in [0.25, 0.3) is 5.56 Å². The van der Waals surface area contributed by atoms with E-state index < -0.39 is 22.8 Å². The molecule has 0 aliphatic carbocycles. The fourth-order valence-electron chi connectivity index (χ4n) is 3.58. The Morgan fingerprint density at radius 1 is 0.893 bits per heavy atom. The Hall–Kier alpha value is -4.07. The zero-order chi connectivity index (χ0) is 19.4. The monoisotopic (exact) mass is 376 g/mol. The molecular weight excluding hydrogens is 364 g/mol. The van der Waals surface area contributed by atoms with Crippen molar-refractivity contribution in [1.29, 1.82) is 0 Å². The Labute approximate surface area is 155 Å². The van der Waals surface area contributed by atoms with E-state index in [4.69, 9.17) is 9.15 Å². The van der Waals surface area contributed by atoms with Crippen LogP contribution in [-0.2, 0) is 0 Å². The quantitative estimate of drug-likeness (QED) is 0.385. The second-order valence-electron chi connectivity index (χ2n) is 6.37. The van der Waals surface area contributed by atoms with E-state index in [2.05, 4.69) is 9.97 Å². The lowest BCUT2D eigenvalue weighted by atomic mass is 9.85. The fraction of sp³-hybridized carbons (Fsp3) is 0.0500. The van der Waals surface area contributed by atoms with Crippen molar-refractivity contribution in [2.24, 2.45) is 0 Å². The van der Waals surface area contributed by atoms with Crippen LogP contribution in [0.15, 0.2) is 67.3 Å². The molecule has 3 N–H and O–H groups in total. The van der Waals surface area contributed by atoms with Gasteiger partial charge >= 0.3 is 11.3 Å². The largest absolute Gasteiger partial charge is 0.508 e. The van der Waals surface area contributed by atoms with Crippen LogP contribution in [0.2, 0.25) is 0 Å². The van der Waals surface area contributed by atoms with Crippen molar-refractivity contribution in [1.82, 2.24) is 9.97 Å². The maximum atomic E-state index is 12.8. The predicted octanol–water partition coefficient (Wildman–Crippen LogP) is 2.16. The first-order valence-electron chi connectivity index (χ1n) is 8.42. The van der Waals surface area contributed by atoms with Gasteiger partial charge in [-0.05, 0) is 18.2 Å². The number of aromatic amines is 2. The topological polar surface area (TPSA) is 125 Å². The SMILES string of the molecule is O=c1[nH]c2c(c(=O)[nH]1)Oc1c(c(=O)oc3ccccc13)C2c1ccccc1O. The van der Waals surface area contributed by atoms with Crippen LogP contribution < -0.4 is 21.6 Å². The maximum absolute atomic E-state index is 12.8. The minimum Gasteiger partial charge on any atom is -0.508 e. The van der Waals surface area contributed by atoms with Crippen LogP contribution >= 0.6 is 0 Å². The predicted molar refractivity (Wildman–Crippen MR) is 99.3 cm³/mol. The van der Waals surface area contributed by atoms with Crippen LogP contribution in [0.3, 0.4) is 0 Å². The minimum atomic E-state index is -0.948. The average Bonchev–Trinajstić information content (AvgIpc) is 2.67. The van der Waals surface area contributed by atoms with Crippen molar-refractivity contribution in [2.45, 2.75) is 5.92 Å². The summed E-state index contributed by atoms with van der Waals surface area (Å²) in [5, 5.41) is 10.9. The van der Waals surface area contributed by atoms with Gasteiger partial charge in [0.1, 0.15) is 17.1 Å². The van der Waals surface area contributed by atoms with Crippen LogP contribution in [0.25, 0.3) is 11.0 Å². The molecule has 0 fully saturated rings. The summed E-state index contributed by atoms with van der Waals surface area (Å²) in [6.07, 6.45) is 0. The van der Waals surface area contributed by atoms with Crippen molar-refractivity contribution in [3.63, 3.8) is 0 Å². The summed E-state index contributed by atoms with van der Waals surface area (Å²) in [7, 11) is 0. The molecule has 1 aliphatic heterocycles. The molecule has 8 heteroatoms. The lowest BCUT2D eigenvalue weighted by molar-refractivity contribution is 0.420. The number of ether oxygens (including phenoxy) is 1. The Balaban J connectivity index is 1.96. The molecule has 0 radical (unpaired) electrons. The molecule has 8 nitrogen and oxygen atoms in total. The molecule has 5 rings (SSSR count). The van der Waals surface area contributed by atoms with E-state index in [0.29, 0.717) is 16.5 Å². The molecule has 1 atom stereocenters. The molecule has 1 unspecified atom stereocenters. The van der Waals surface area contributed by atoms with Crippen molar-refractivity contribution in [3.05, 3.63) is 96.6 Å². The van der Waals surface area contributed by atoms with E-state index in [-0.39, 0.29) is 28.5 Å². The smallest absolute Gasteiger partial charge is 0.344 e. The third kappa shape index (κ3) is 2.21. The highest BCUT2D eigenvalue weighted by molar-refractivity contribution is 5.86. The molecule has 28 heavy (non-hydrogen) atoms. The van der Waals surface area contributed by atoms with E-state index in [0.717, 1.165) is 0 Å². The van der Waals surface area contributed by atoms with Gasteiger partial charge < -0.3 is 19.2 Å². The summed E-state index contributed by atoms with van der Waals surface area (Å²) < 4.78 is 11.2. The standard InChI is InChI=1S/C20H12N2O6/c23-11-7-3-1-5-9(11)13-14-16(10-6-2-4-8-12(10)27-19(14)25)28-17-15(13)21-20(26)22-18(17)24/h1-8,13,23H,(H2,21,22,24,26). The average molecular weight is 376 g/mol. The van der Waals surface area contributed by atoms with Crippen LogP contribution in [0.5, 0.6) is 17.2 Å². The first kappa shape index (κ1) is 16.1. The summed E-state index contributed by atoms with van der Waals surface area (Å²) in [6.45, 7) is 0. The number of aromatic hydroxyl groups is 1. The molecule has 2 aromatic heterocycles. The number of hydrogen-bond acceptors (Lipinski definition) is 6. The van der Waals surface area contributed by atoms with Crippen LogP contribution in [0.1, 0.15) is 22.7 Å². The third-order valence-corrected chi connectivity index (χ3v) is 4.75. The van der Waals surface area contributed by atoms with Gasteiger partial charge in [-0.15, -0.1) is 0 Å². The van der Waals surface area contributed by atoms with Gasteiger partial charge in [-0.2, -0.15) is 0 Å². The van der Waals surface area contributed by atoms with E-state index in [1.165, 1.54) is 6.07 Å². The van der Waals surface area contributed by atoms with E-state index in [9.17, 15) is 19.5 Å². The third-order valence-electron chi connectivity index (χ3n) is 4.75. The van der Waals surface area contributed by atoms with Crippen molar-refractivity contribution in [2.75, 3.05) is 0 Å². The number of para-hydroxylation sites is 2. The van der Waals surface area contributed by atoms with Gasteiger partial charge in [-0.1, -0.05) is 30.3 Å². The highest BCUT2D eigenvalue weighted by Gasteiger charge is 2.37. The molecule has 2 aromatic carbocycles. The van der Waals surface area contributed by atoms with Gasteiger partial charge in [0.15, 0.2) is 0 Å². The molecular formula is C20H12N2O6. The fourth-order valence-corrected chi connectivity index (χ4v) is 3.58. The number of H-pyrrole nitrogens is 2. The lowest BCUT2D eigenvalue weighted by Crippen LogP contribution is -2.31. The molecule has 4 aromatic rings. The first-order chi connectivity index (χ1) is 13.5. The van der Waals surface area contributed by atoms with Gasteiger partial charge in [0, 0.05) is 5.56 Å². The molecule has 0 saturated carbocycles. The Morgan fingerprint density at radius 3 is 2.46 bits per heavy atom. The highest BCUT2D eigenvalue weighted by Crippen LogP contribution is 2.47.